The average molecular weight is 322 g/mol. The zero-order valence-corrected chi connectivity index (χ0v) is 14.1. The summed E-state index contributed by atoms with van der Waals surface area (Å²) in [6.07, 6.45) is 3.59. The molecule has 2 aromatic heterocycles. The van der Waals surface area contributed by atoms with Crippen LogP contribution in [0.5, 0.6) is 0 Å². The maximum atomic E-state index is 12.2. The smallest absolute Gasteiger partial charge is 0.242 e. The van der Waals surface area contributed by atoms with Crippen molar-refractivity contribution in [2.75, 3.05) is 12.3 Å². The van der Waals surface area contributed by atoms with E-state index >= 15 is 0 Å². The van der Waals surface area contributed by atoms with Crippen LogP contribution in [0.3, 0.4) is 0 Å². The van der Waals surface area contributed by atoms with Gasteiger partial charge in [-0.05, 0) is 13.8 Å². The van der Waals surface area contributed by atoms with Crippen LogP contribution >= 0.6 is 11.8 Å². The lowest BCUT2D eigenvalue weighted by Gasteiger charge is -2.17. The summed E-state index contributed by atoms with van der Waals surface area (Å²) in [6, 6.07) is -0.268. The van der Waals surface area contributed by atoms with E-state index in [0.29, 0.717) is 11.7 Å². The Labute approximate surface area is 134 Å². The van der Waals surface area contributed by atoms with Crippen LogP contribution in [0.15, 0.2) is 17.6 Å². The highest BCUT2D eigenvalue weighted by atomic mass is 32.2. The molecule has 8 heteroatoms. The number of aromatic amines is 1. The summed E-state index contributed by atoms with van der Waals surface area (Å²) in [6.45, 7) is 8.46. The molecule has 120 valence electrons. The molecule has 0 aromatic carbocycles. The maximum absolute atomic E-state index is 12.2. The molecule has 0 aliphatic rings. The van der Waals surface area contributed by atoms with Crippen LogP contribution in [0.2, 0.25) is 0 Å². The number of hydrogen-bond acceptors (Lipinski definition) is 5. The average Bonchev–Trinajstić information content (AvgIpc) is 3.11. The van der Waals surface area contributed by atoms with Crippen LogP contribution in [0, 0.1) is 6.92 Å². The van der Waals surface area contributed by atoms with Crippen molar-refractivity contribution in [3.8, 4) is 0 Å². The molecule has 22 heavy (non-hydrogen) atoms. The number of hydrogen-bond donors (Lipinski definition) is 2. The molecule has 2 heterocycles. The van der Waals surface area contributed by atoms with E-state index in [-0.39, 0.29) is 17.9 Å². The fourth-order valence-corrected chi connectivity index (χ4v) is 2.77. The minimum Gasteiger partial charge on any atom is -0.353 e. The van der Waals surface area contributed by atoms with Crippen LogP contribution in [0.4, 0.5) is 0 Å². The Morgan fingerprint density at radius 2 is 2.23 bits per heavy atom. The van der Waals surface area contributed by atoms with Gasteiger partial charge in [-0.15, -0.1) is 5.10 Å². The summed E-state index contributed by atoms with van der Waals surface area (Å²) in [4.78, 5) is 20.7. The highest BCUT2D eigenvalue weighted by Crippen LogP contribution is 2.17. The lowest BCUT2D eigenvalue weighted by atomic mass is 10.2. The number of nitrogens with one attached hydrogen (secondary N) is 2. The van der Waals surface area contributed by atoms with Crippen molar-refractivity contribution in [2.24, 2.45) is 0 Å². The molecule has 2 aromatic rings. The highest BCUT2D eigenvalue weighted by molar-refractivity contribution is 7.99. The molecule has 0 unspecified atom stereocenters. The van der Waals surface area contributed by atoms with Crippen LogP contribution in [-0.2, 0) is 4.79 Å². The van der Waals surface area contributed by atoms with E-state index in [4.69, 9.17) is 0 Å². The predicted octanol–water partition coefficient (Wildman–Crippen LogP) is 1.90. The largest absolute Gasteiger partial charge is 0.353 e. The number of rotatable bonds is 7. The van der Waals surface area contributed by atoms with E-state index in [1.165, 1.54) is 11.8 Å². The summed E-state index contributed by atoms with van der Waals surface area (Å²) >= 11 is 1.51. The molecule has 0 aliphatic carbocycles. The number of thioether (sulfide) groups is 1. The molecular weight excluding hydrogens is 300 g/mol. The number of carbonyl (C=O) groups excluding carboxylic acids is 1. The van der Waals surface area contributed by atoms with Gasteiger partial charge in [0.1, 0.15) is 17.7 Å². The van der Waals surface area contributed by atoms with Gasteiger partial charge in [0.15, 0.2) is 0 Å². The third-order valence-corrected chi connectivity index (χ3v) is 4.07. The summed E-state index contributed by atoms with van der Waals surface area (Å²) in [5.74, 6) is 2.73. The number of nitrogens with zero attached hydrogens (tertiary/aromatic N) is 4. The van der Waals surface area contributed by atoms with Crippen LogP contribution in [-0.4, -0.2) is 42.9 Å². The van der Waals surface area contributed by atoms with Gasteiger partial charge in [-0.2, -0.15) is 0 Å². The number of aromatic nitrogens is 5. The van der Waals surface area contributed by atoms with Crippen molar-refractivity contribution in [3.63, 3.8) is 0 Å². The molecule has 1 amide bonds. The topological polar surface area (TPSA) is 88.5 Å². The first-order chi connectivity index (χ1) is 10.5. The van der Waals surface area contributed by atoms with Crippen LogP contribution in [0.25, 0.3) is 0 Å². The highest BCUT2D eigenvalue weighted by Gasteiger charge is 2.18. The van der Waals surface area contributed by atoms with Gasteiger partial charge in [0.25, 0.3) is 0 Å². The molecule has 7 nitrogen and oxygen atoms in total. The van der Waals surface area contributed by atoms with Crippen molar-refractivity contribution >= 4 is 17.7 Å². The fourth-order valence-electron chi connectivity index (χ4n) is 2.08. The number of H-pyrrole nitrogens is 1. The summed E-state index contributed by atoms with van der Waals surface area (Å²) in [5, 5.41) is 10.5. The zero-order valence-electron chi connectivity index (χ0n) is 13.3. The van der Waals surface area contributed by atoms with E-state index in [1.54, 1.807) is 6.20 Å². The van der Waals surface area contributed by atoms with Gasteiger partial charge >= 0.3 is 0 Å². The van der Waals surface area contributed by atoms with Crippen molar-refractivity contribution in [2.45, 2.75) is 44.8 Å². The third-order valence-electron chi connectivity index (χ3n) is 3.22. The van der Waals surface area contributed by atoms with E-state index in [2.05, 4.69) is 39.3 Å². The minimum absolute atomic E-state index is 0.00772. The Morgan fingerprint density at radius 3 is 2.86 bits per heavy atom. The SMILES string of the molecule is Cc1nc(SCCNC(=O)[C@@H](C)n2ccnc2C(C)C)n[nH]1. The van der Waals surface area contributed by atoms with Gasteiger partial charge in [0, 0.05) is 30.6 Å². The van der Waals surface area contributed by atoms with Crippen molar-refractivity contribution in [1.29, 1.82) is 0 Å². The number of carbonyl (C=O) groups is 1. The first kappa shape index (κ1) is 16.5. The van der Waals surface area contributed by atoms with Gasteiger partial charge in [-0.1, -0.05) is 25.6 Å². The van der Waals surface area contributed by atoms with Gasteiger partial charge in [-0.25, -0.2) is 9.97 Å². The molecule has 0 spiro atoms. The summed E-state index contributed by atoms with van der Waals surface area (Å²) < 4.78 is 1.92. The monoisotopic (exact) mass is 322 g/mol. The van der Waals surface area contributed by atoms with Crippen LogP contribution in [0.1, 0.15) is 44.4 Å². The molecule has 2 N–H and O–H groups in total. The molecule has 0 bridgehead atoms. The molecular formula is C14H22N6OS. The van der Waals surface area contributed by atoms with E-state index < -0.39 is 0 Å². The second-order valence-electron chi connectivity index (χ2n) is 5.37. The number of aryl methyl sites for hydroxylation is 1. The lowest BCUT2D eigenvalue weighted by molar-refractivity contribution is -0.123. The van der Waals surface area contributed by atoms with Gasteiger partial charge in [-0.3, -0.25) is 9.89 Å². The number of imidazole rings is 1. The molecule has 0 radical (unpaired) electrons. The Morgan fingerprint density at radius 1 is 1.45 bits per heavy atom. The Bertz CT molecular complexity index is 620. The standard InChI is InChI=1S/C14H22N6OS/c1-9(2)12-15-5-7-20(12)10(3)13(21)16-6-8-22-14-17-11(4)18-19-14/h5,7,9-10H,6,8H2,1-4H3,(H,16,21)(H,17,18,19)/t10-/m1/s1. The summed E-state index contributed by atoms with van der Waals surface area (Å²) in [7, 11) is 0. The Kier molecular flexibility index (Phi) is 5.59. The maximum Gasteiger partial charge on any atom is 0.242 e. The van der Waals surface area contributed by atoms with E-state index in [0.717, 1.165) is 17.4 Å². The molecule has 0 aliphatic heterocycles. The fraction of sp³-hybridized carbons (Fsp3) is 0.571. The Balaban J connectivity index is 1.80. The molecule has 0 fully saturated rings. The second-order valence-corrected chi connectivity index (χ2v) is 6.43. The third kappa shape index (κ3) is 4.09. The molecule has 2 rings (SSSR count). The molecule has 0 saturated heterocycles. The summed E-state index contributed by atoms with van der Waals surface area (Å²) in [5.41, 5.74) is 0. The zero-order chi connectivity index (χ0) is 16.1. The van der Waals surface area contributed by atoms with Crippen molar-refractivity contribution in [3.05, 3.63) is 24.0 Å². The molecule has 1 atom stereocenters. The first-order valence-electron chi connectivity index (χ1n) is 7.31. The lowest BCUT2D eigenvalue weighted by Crippen LogP contribution is -2.33. The quantitative estimate of drug-likeness (QED) is 0.600. The number of amides is 1. The van der Waals surface area contributed by atoms with Crippen molar-refractivity contribution in [1.82, 2.24) is 30.0 Å². The first-order valence-corrected chi connectivity index (χ1v) is 8.30. The second kappa shape index (κ2) is 7.44. The van der Waals surface area contributed by atoms with Gasteiger partial charge < -0.3 is 9.88 Å². The molecule has 0 saturated carbocycles. The van der Waals surface area contributed by atoms with Gasteiger partial charge in [0.2, 0.25) is 11.1 Å². The predicted molar refractivity (Wildman–Crippen MR) is 85.9 cm³/mol. The minimum atomic E-state index is -0.268. The normalized spacial score (nSPS) is 12.6. The Hall–Kier alpha value is -1.83. The van der Waals surface area contributed by atoms with Gasteiger partial charge in [0.05, 0.1) is 0 Å². The van der Waals surface area contributed by atoms with E-state index in [1.807, 2.05) is 24.6 Å². The van der Waals surface area contributed by atoms with E-state index in [9.17, 15) is 4.79 Å². The van der Waals surface area contributed by atoms with Crippen LogP contribution < -0.4 is 5.32 Å². The van der Waals surface area contributed by atoms with Crippen molar-refractivity contribution < 1.29 is 4.79 Å².